The first-order valence-electron chi connectivity index (χ1n) is 6.84. The Balaban J connectivity index is 2.23. The molecule has 0 atom stereocenters. The van der Waals surface area contributed by atoms with Crippen molar-refractivity contribution in [2.75, 3.05) is 13.2 Å². The highest BCUT2D eigenvalue weighted by Crippen LogP contribution is 2.22. The van der Waals surface area contributed by atoms with Gasteiger partial charge < -0.3 is 14.3 Å². The fourth-order valence-electron chi connectivity index (χ4n) is 1.84. The Labute approximate surface area is 120 Å². The summed E-state index contributed by atoms with van der Waals surface area (Å²) in [7, 11) is 0. The number of hydrogen-bond acceptors (Lipinski definition) is 4. The average Bonchev–Trinajstić information content (AvgIpc) is 2.38. The van der Waals surface area contributed by atoms with Crippen molar-refractivity contribution < 1.29 is 19.1 Å². The molecule has 0 saturated heterocycles. The number of carbonyl (C=O) groups excluding carboxylic acids is 2. The van der Waals surface area contributed by atoms with Crippen molar-refractivity contribution in [1.82, 2.24) is 0 Å². The van der Waals surface area contributed by atoms with E-state index in [0.29, 0.717) is 26.1 Å². The molecule has 0 saturated carbocycles. The van der Waals surface area contributed by atoms with Crippen LogP contribution in [0.1, 0.15) is 37.3 Å². The molecular formula is C16H22O4. The lowest BCUT2D eigenvalue weighted by atomic mass is 10.1. The summed E-state index contributed by atoms with van der Waals surface area (Å²) in [4.78, 5) is 22.2. The zero-order valence-electron chi connectivity index (χ0n) is 12.4. The lowest BCUT2D eigenvalue weighted by Gasteiger charge is -2.11. The van der Waals surface area contributed by atoms with Crippen LogP contribution in [0.4, 0.5) is 0 Å². The topological polar surface area (TPSA) is 52.6 Å². The molecule has 4 heteroatoms. The zero-order chi connectivity index (χ0) is 15.0. The van der Waals surface area contributed by atoms with Gasteiger partial charge >= 0.3 is 5.97 Å². The summed E-state index contributed by atoms with van der Waals surface area (Å²) >= 11 is 0. The summed E-state index contributed by atoms with van der Waals surface area (Å²) in [5.74, 6) is 0.649. The fraction of sp³-hybridized carbons (Fsp3) is 0.500. The number of aryl methyl sites for hydroxylation is 2. The molecule has 0 aliphatic heterocycles. The molecule has 0 aromatic heterocycles. The van der Waals surface area contributed by atoms with Crippen molar-refractivity contribution in [2.24, 2.45) is 0 Å². The van der Waals surface area contributed by atoms with Gasteiger partial charge in [-0.15, -0.1) is 0 Å². The standard InChI is InChI=1S/C16H22O4/c1-12-6-4-7-13(2)16(12)20-11-9-15(18)19-10-5-8-14(3)17/h4,6-7H,5,8-11H2,1-3H3. The van der Waals surface area contributed by atoms with Gasteiger partial charge in [-0.1, -0.05) is 18.2 Å². The predicted molar refractivity (Wildman–Crippen MR) is 76.9 cm³/mol. The summed E-state index contributed by atoms with van der Waals surface area (Å²) in [5, 5.41) is 0. The molecule has 0 aliphatic rings. The minimum atomic E-state index is -0.292. The van der Waals surface area contributed by atoms with E-state index in [2.05, 4.69) is 0 Å². The summed E-state index contributed by atoms with van der Waals surface area (Å²) in [6.07, 6.45) is 1.25. The third-order valence-electron chi connectivity index (χ3n) is 2.90. The number of carbonyl (C=O) groups is 2. The summed E-state index contributed by atoms with van der Waals surface area (Å²) in [6, 6.07) is 5.92. The zero-order valence-corrected chi connectivity index (χ0v) is 12.4. The fourth-order valence-corrected chi connectivity index (χ4v) is 1.84. The van der Waals surface area contributed by atoms with Crippen molar-refractivity contribution in [3.8, 4) is 5.75 Å². The maximum absolute atomic E-state index is 11.5. The number of ketones is 1. The molecule has 0 aliphatic carbocycles. The predicted octanol–water partition coefficient (Wildman–Crippen LogP) is 2.98. The quantitative estimate of drug-likeness (QED) is 0.542. The number of benzene rings is 1. The number of ether oxygens (including phenoxy) is 2. The van der Waals surface area contributed by atoms with Crippen LogP contribution in [-0.2, 0) is 14.3 Å². The number of Topliss-reactive ketones (excluding diaryl/α,β-unsaturated/α-hetero) is 1. The Hall–Kier alpha value is -1.84. The number of esters is 1. The van der Waals surface area contributed by atoms with E-state index in [1.807, 2.05) is 32.0 Å². The van der Waals surface area contributed by atoms with Gasteiger partial charge in [-0.05, 0) is 38.3 Å². The van der Waals surface area contributed by atoms with Gasteiger partial charge in [0.2, 0.25) is 0 Å². The molecule has 0 amide bonds. The molecule has 20 heavy (non-hydrogen) atoms. The number of para-hydroxylation sites is 1. The van der Waals surface area contributed by atoms with Crippen LogP contribution in [0.15, 0.2) is 18.2 Å². The molecular weight excluding hydrogens is 256 g/mol. The van der Waals surface area contributed by atoms with E-state index in [1.165, 1.54) is 6.92 Å². The van der Waals surface area contributed by atoms with Crippen LogP contribution in [0.5, 0.6) is 5.75 Å². The average molecular weight is 278 g/mol. The molecule has 0 heterocycles. The van der Waals surface area contributed by atoms with Gasteiger partial charge in [-0.2, -0.15) is 0 Å². The molecule has 1 aromatic rings. The normalized spacial score (nSPS) is 10.2. The van der Waals surface area contributed by atoms with E-state index in [9.17, 15) is 9.59 Å². The van der Waals surface area contributed by atoms with Crippen LogP contribution in [0.3, 0.4) is 0 Å². The Bertz CT molecular complexity index is 445. The van der Waals surface area contributed by atoms with E-state index in [0.717, 1.165) is 16.9 Å². The summed E-state index contributed by atoms with van der Waals surface area (Å²) in [6.45, 7) is 6.07. The van der Waals surface area contributed by atoms with Gasteiger partial charge in [0, 0.05) is 6.42 Å². The molecule has 1 rings (SSSR count). The van der Waals surface area contributed by atoms with Crippen LogP contribution in [-0.4, -0.2) is 25.0 Å². The molecule has 0 N–H and O–H groups in total. The van der Waals surface area contributed by atoms with E-state index < -0.39 is 0 Å². The minimum Gasteiger partial charge on any atom is -0.492 e. The van der Waals surface area contributed by atoms with Gasteiger partial charge in [0.1, 0.15) is 11.5 Å². The summed E-state index contributed by atoms with van der Waals surface area (Å²) in [5.41, 5.74) is 2.11. The van der Waals surface area contributed by atoms with Crippen LogP contribution in [0.2, 0.25) is 0 Å². The van der Waals surface area contributed by atoms with Crippen molar-refractivity contribution in [3.63, 3.8) is 0 Å². The molecule has 0 fully saturated rings. The molecule has 0 unspecified atom stereocenters. The monoisotopic (exact) mass is 278 g/mol. The molecule has 0 spiro atoms. The molecule has 4 nitrogen and oxygen atoms in total. The van der Waals surface area contributed by atoms with Crippen LogP contribution >= 0.6 is 0 Å². The van der Waals surface area contributed by atoms with E-state index in [4.69, 9.17) is 9.47 Å². The van der Waals surface area contributed by atoms with Gasteiger partial charge in [0.15, 0.2) is 0 Å². The second-order valence-corrected chi connectivity index (χ2v) is 4.85. The number of rotatable bonds is 8. The van der Waals surface area contributed by atoms with Gasteiger partial charge in [-0.25, -0.2) is 0 Å². The molecule has 110 valence electrons. The lowest BCUT2D eigenvalue weighted by molar-refractivity contribution is -0.144. The highest BCUT2D eigenvalue weighted by Gasteiger charge is 2.06. The Kier molecular flexibility index (Phi) is 6.77. The Morgan fingerprint density at radius 2 is 1.70 bits per heavy atom. The van der Waals surface area contributed by atoms with Crippen LogP contribution in [0, 0.1) is 13.8 Å². The minimum absolute atomic E-state index is 0.111. The van der Waals surface area contributed by atoms with E-state index in [-0.39, 0.29) is 18.2 Å². The smallest absolute Gasteiger partial charge is 0.309 e. The Morgan fingerprint density at radius 1 is 1.05 bits per heavy atom. The van der Waals surface area contributed by atoms with E-state index >= 15 is 0 Å². The third kappa shape index (κ3) is 5.87. The van der Waals surface area contributed by atoms with Crippen molar-refractivity contribution >= 4 is 11.8 Å². The van der Waals surface area contributed by atoms with Crippen LogP contribution < -0.4 is 4.74 Å². The van der Waals surface area contributed by atoms with Gasteiger partial charge in [0.05, 0.1) is 19.6 Å². The molecule has 0 bridgehead atoms. The highest BCUT2D eigenvalue weighted by atomic mass is 16.5. The third-order valence-corrected chi connectivity index (χ3v) is 2.90. The maximum atomic E-state index is 11.5. The number of hydrogen-bond donors (Lipinski definition) is 0. The maximum Gasteiger partial charge on any atom is 0.309 e. The molecule has 1 aromatic carbocycles. The first-order chi connectivity index (χ1) is 9.50. The molecule has 0 radical (unpaired) electrons. The first-order valence-corrected chi connectivity index (χ1v) is 6.84. The van der Waals surface area contributed by atoms with Gasteiger partial charge in [0.25, 0.3) is 0 Å². The van der Waals surface area contributed by atoms with Crippen LogP contribution in [0.25, 0.3) is 0 Å². The van der Waals surface area contributed by atoms with Crippen molar-refractivity contribution in [1.29, 1.82) is 0 Å². The van der Waals surface area contributed by atoms with E-state index in [1.54, 1.807) is 0 Å². The van der Waals surface area contributed by atoms with Gasteiger partial charge in [-0.3, -0.25) is 4.79 Å². The van der Waals surface area contributed by atoms with Crippen molar-refractivity contribution in [2.45, 2.75) is 40.0 Å². The lowest BCUT2D eigenvalue weighted by Crippen LogP contribution is -2.11. The largest absolute Gasteiger partial charge is 0.492 e. The summed E-state index contributed by atoms with van der Waals surface area (Å²) < 4.78 is 10.6. The second kappa shape index (κ2) is 8.35. The second-order valence-electron chi connectivity index (χ2n) is 4.85. The first kappa shape index (κ1) is 16.2. The SMILES string of the molecule is CC(=O)CCCOC(=O)CCOc1c(C)cccc1C. The Morgan fingerprint density at radius 3 is 2.30 bits per heavy atom. The van der Waals surface area contributed by atoms with Crippen molar-refractivity contribution in [3.05, 3.63) is 29.3 Å². The highest BCUT2D eigenvalue weighted by molar-refractivity contribution is 5.75.